The fraction of sp³-hybridized carbons (Fsp3) is 0.500. The lowest BCUT2D eigenvalue weighted by atomic mass is 9.87. The van der Waals surface area contributed by atoms with E-state index in [4.69, 9.17) is 0 Å². The van der Waals surface area contributed by atoms with Crippen molar-refractivity contribution in [3.05, 3.63) is 34.9 Å². The fourth-order valence-electron chi connectivity index (χ4n) is 2.43. The molecule has 0 saturated carbocycles. The van der Waals surface area contributed by atoms with Crippen LogP contribution in [0.25, 0.3) is 0 Å². The van der Waals surface area contributed by atoms with Crippen molar-refractivity contribution in [2.24, 2.45) is 0 Å². The molecule has 0 N–H and O–H groups in total. The van der Waals surface area contributed by atoms with E-state index in [2.05, 4.69) is 37.0 Å². The van der Waals surface area contributed by atoms with Gasteiger partial charge in [-0.3, -0.25) is 0 Å². The Bertz CT molecular complexity index is 417. The van der Waals surface area contributed by atoms with Crippen LogP contribution in [0.3, 0.4) is 0 Å². The van der Waals surface area contributed by atoms with E-state index >= 15 is 0 Å². The zero-order valence-electron chi connectivity index (χ0n) is 10.3. The van der Waals surface area contributed by atoms with Crippen molar-refractivity contribution in [1.82, 2.24) is 0 Å². The molecule has 0 aromatic heterocycles. The average molecular weight is 212 g/mol. The lowest BCUT2D eigenvalue weighted by molar-refractivity contribution is 0.681. The highest BCUT2D eigenvalue weighted by Crippen LogP contribution is 2.26. The van der Waals surface area contributed by atoms with Crippen LogP contribution < -0.4 is 0 Å². The summed E-state index contributed by atoms with van der Waals surface area (Å²) in [5, 5.41) is 0. The Morgan fingerprint density at radius 3 is 2.69 bits per heavy atom. The second-order valence-electron chi connectivity index (χ2n) is 4.77. The van der Waals surface area contributed by atoms with E-state index in [0.29, 0.717) is 5.92 Å². The Balaban J connectivity index is 2.18. The zero-order valence-corrected chi connectivity index (χ0v) is 10.3. The first-order valence-electron chi connectivity index (χ1n) is 6.32. The normalized spacial score (nSPS) is 15.9. The topological polar surface area (TPSA) is 0 Å². The van der Waals surface area contributed by atoms with Crippen LogP contribution in [-0.4, -0.2) is 0 Å². The molecule has 1 aliphatic rings. The van der Waals surface area contributed by atoms with Crippen LogP contribution in [0.15, 0.2) is 18.2 Å². The average Bonchev–Trinajstić information content (AvgIpc) is 2.35. The third-order valence-corrected chi connectivity index (χ3v) is 3.53. The Kier molecular flexibility index (Phi) is 3.67. The number of benzene rings is 1. The summed E-state index contributed by atoms with van der Waals surface area (Å²) in [6.07, 6.45) is 6.26. The maximum atomic E-state index is 3.18. The zero-order chi connectivity index (χ0) is 11.4. The molecule has 0 fully saturated rings. The predicted molar refractivity (Wildman–Crippen MR) is 69.6 cm³/mol. The molecule has 0 heterocycles. The van der Waals surface area contributed by atoms with Crippen LogP contribution in [0.4, 0.5) is 0 Å². The van der Waals surface area contributed by atoms with Crippen molar-refractivity contribution in [2.75, 3.05) is 0 Å². The van der Waals surface area contributed by atoms with Gasteiger partial charge in [0.15, 0.2) is 0 Å². The molecule has 1 aromatic rings. The lowest BCUT2D eigenvalue weighted by Gasteiger charge is -2.18. The molecule has 0 saturated heterocycles. The molecular weight excluding hydrogens is 192 g/mol. The summed E-state index contributed by atoms with van der Waals surface area (Å²) in [6.45, 7) is 4.19. The summed E-state index contributed by atoms with van der Waals surface area (Å²) in [6, 6.07) is 7.04. The van der Waals surface area contributed by atoms with Gasteiger partial charge in [-0.1, -0.05) is 25.1 Å². The van der Waals surface area contributed by atoms with Gasteiger partial charge in [-0.05, 0) is 55.2 Å². The van der Waals surface area contributed by atoms with Crippen LogP contribution in [0, 0.1) is 11.8 Å². The molecule has 1 unspecified atom stereocenters. The second kappa shape index (κ2) is 5.21. The minimum atomic E-state index is 0.569. The van der Waals surface area contributed by atoms with Crippen LogP contribution in [0.2, 0.25) is 0 Å². The highest BCUT2D eigenvalue weighted by molar-refractivity contribution is 5.35. The van der Waals surface area contributed by atoms with Gasteiger partial charge in [-0.15, -0.1) is 11.8 Å². The Morgan fingerprint density at radius 2 is 1.94 bits per heavy atom. The van der Waals surface area contributed by atoms with E-state index in [-0.39, 0.29) is 0 Å². The summed E-state index contributed by atoms with van der Waals surface area (Å²) in [4.78, 5) is 0. The van der Waals surface area contributed by atoms with E-state index in [0.717, 1.165) is 6.42 Å². The maximum Gasteiger partial charge on any atom is 0.0155 e. The summed E-state index contributed by atoms with van der Waals surface area (Å²) in [7, 11) is 0. The van der Waals surface area contributed by atoms with Crippen LogP contribution in [0.5, 0.6) is 0 Å². The molecule has 2 rings (SSSR count). The lowest BCUT2D eigenvalue weighted by Crippen LogP contribution is -2.04. The number of fused-ring (bicyclic) bond motifs is 1. The van der Waals surface area contributed by atoms with Gasteiger partial charge in [-0.25, -0.2) is 0 Å². The third-order valence-electron chi connectivity index (χ3n) is 3.53. The molecule has 1 aliphatic carbocycles. The van der Waals surface area contributed by atoms with Crippen LogP contribution in [0.1, 0.15) is 55.7 Å². The molecule has 84 valence electrons. The number of hydrogen-bond acceptors (Lipinski definition) is 0. The highest BCUT2D eigenvalue weighted by Gasteiger charge is 2.11. The Labute approximate surface area is 99.1 Å². The summed E-state index contributed by atoms with van der Waals surface area (Å²) >= 11 is 0. The molecule has 0 radical (unpaired) electrons. The van der Waals surface area contributed by atoms with Crippen molar-refractivity contribution in [1.29, 1.82) is 0 Å². The molecule has 0 bridgehead atoms. The van der Waals surface area contributed by atoms with Crippen molar-refractivity contribution in [2.45, 2.75) is 51.9 Å². The van der Waals surface area contributed by atoms with Crippen LogP contribution in [-0.2, 0) is 12.8 Å². The summed E-state index contributed by atoms with van der Waals surface area (Å²) in [5.74, 6) is 6.73. The van der Waals surface area contributed by atoms with Gasteiger partial charge >= 0.3 is 0 Å². The Morgan fingerprint density at radius 1 is 1.19 bits per heavy atom. The molecule has 0 amide bonds. The quantitative estimate of drug-likeness (QED) is 0.648. The molecular formula is C16H20. The standard InChI is InChI=1S/C16H20/c1-3-4-7-13(2)15-11-10-14-8-5-6-9-16(14)12-15/h10-13H,5-9H2,1-2H3. The van der Waals surface area contributed by atoms with Crippen molar-refractivity contribution in [3.8, 4) is 11.8 Å². The number of rotatable bonds is 2. The van der Waals surface area contributed by atoms with Crippen molar-refractivity contribution in [3.63, 3.8) is 0 Å². The molecule has 0 aliphatic heterocycles. The van der Waals surface area contributed by atoms with Crippen molar-refractivity contribution < 1.29 is 0 Å². The van der Waals surface area contributed by atoms with E-state index in [1.807, 2.05) is 6.92 Å². The maximum absolute atomic E-state index is 3.18. The molecule has 0 nitrogen and oxygen atoms in total. The van der Waals surface area contributed by atoms with E-state index in [1.54, 1.807) is 11.1 Å². The molecule has 1 atom stereocenters. The second-order valence-corrected chi connectivity index (χ2v) is 4.77. The van der Waals surface area contributed by atoms with Gasteiger partial charge in [0.2, 0.25) is 0 Å². The summed E-state index contributed by atoms with van der Waals surface area (Å²) < 4.78 is 0. The fourth-order valence-corrected chi connectivity index (χ4v) is 2.43. The SMILES string of the molecule is CC#CCC(C)c1ccc2c(c1)CCCC2. The van der Waals surface area contributed by atoms with Gasteiger partial charge in [0.05, 0.1) is 0 Å². The largest absolute Gasteiger partial charge is 0.107 e. The third kappa shape index (κ3) is 2.47. The smallest absolute Gasteiger partial charge is 0.0155 e. The Hall–Kier alpha value is -1.22. The van der Waals surface area contributed by atoms with Gasteiger partial charge in [0, 0.05) is 6.42 Å². The molecule has 1 aromatic carbocycles. The van der Waals surface area contributed by atoms with E-state index < -0.39 is 0 Å². The minimum Gasteiger partial charge on any atom is -0.107 e. The van der Waals surface area contributed by atoms with E-state index in [1.165, 1.54) is 31.2 Å². The first-order chi connectivity index (χ1) is 7.81. The van der Waals surface area contributed by atoms with Gasteiger partial charge < -0.3 is 0 Å². The number of aryl methyl sites for hydroxylation is 2. The molecule has 16 heavy (non-hydrogen) atoms. The highest BCUT2D eigenvalue weighted by atomic mass is 14.2. The molecule has 0 heteroatoms. The van der Waals surface area contributed by atoms with Gasteiger partial charge in [-0.2, -0.15) is 0 Å². The molecule has 0 spiro atoms. The van der Waals surface area contributed by atoms with Gasteiger partial charge in [0.1, 0.15) is 0 Å². The first-order valence-corrected chi connectivity index (χ1v) is 6.32. The van der Waals surface area contributed by atoms with E-state index in [9.17, 15) is 0 Å². The first kappa shape index (κ1) is 11.3. The van der Waals surface area contributed by atoms with Crippen molar-refractivity contribution >= 4 is 0 Å². The predicted octanol–water partition coefficient (Wildman–Crippen LogP) is 4.08. The number of hydrogen-bond donors (Lipinski definition) is 0. The monoisotopic (exact) mass is 212 g/mol. The van der Waals surface area contributed by atoms with Gasteiger partial charge in [0.25, 0.3) is 0 Å². The summed E-state index contributed by atoms with van der Waals surface area (Å²) in [5.41, 5.74) is 4.62. The minimum absolute atomic E-state index is 0.569. The van der Waals surface area contributed by atoms with Crippen LogP contribution >= 0.6 is 0 Å².